The van der Waals surface area contributed by atoms with Gasteiger partial charge in [-0.15, -0.1) is 0 Å². The van der Waals surface area contributed by atoms with Gasteiger partial charge in [-0.1, -0.05) is 110 Å². The smallest absolute Gasteiger partial charge is 0.347 e. The molecular formula is C75H111ClF3N13O12. The van der Waals surface area contributed by atoms with E-state index in [1.807, 2.05) is 20.8 Å². The van der Waals surface area contributed by atoms with Gasteiger partial charge in [0, 0.05) is 88.8 Å². The van der Waals surface area contributed by atoms with Crippen LogP contribution in [0.2, 0.25) is 5.02 Å². The van der Waals surface area contributed by atoms with Crippen LogP contribution >= 0.6 is 11.6 Å². The number of carbonyl (C=O) groups excluding carboxylic acids is 12. The van der Waals surface area contributed by atoms with Crippen molar-refractivity contribution in [2.45, 2.75) is 236 Å². The number of aryl methyl sites for hydroxylation is 1. The lowest BCUT2D eigenvalue weighted by molar-refractivity contribution is -0.160. The minimum absolute atomic E-state index is 0.00240. The number of rotatable bonds is 13. The second-order valence-electron chi connectivity index (χ2n) is 30.5. The zero-order chi connectivity index (χ0) is 77.0. The summed E-state index contributed by atoms with van der Waals surface area (Å²) in [4.78, 5) is 197. The summed E-state index contributed by atoms with van der Waals surface area (Å²) in [6, 6.07) is -5.07. The first-order valence-corrected chi connectivity index (χ1v) is 37.3. The Morgan fingerprint density at radius 2 is 1.29 bits per heavy atom. The molecule has 3 heterocycles. The molecule has 2 saturated heterocycles. The molecule has 576 valence electrons. The lowest BCUT2D eigenvalue weighted by atomic mass is 9.84. The summed E-state index contributed by atoms with van der Waals surface area (Å²) in [5.74, 6) is -9.26. The number of pyridine rings is 1. The number of nitrogens with zero attached hydrogens (tertiary/aromatic N) is 10. The Morgan fingerprint density at radius 3 is 1.86 bits per heavy atom. The monoisotopic (exact) mass is 1480 g/mol. The van der Waals surface area contributed by atoms with E-state index in [1.54, 1.807) is 19.1 Å². The molecule has 5 fully saturated rings. The molecule has 1 aromatic carbocycles. The van der Waals surface area contributed by atoms with Gasteiger partial charge in [0.25, 0.3) is 0 Å². The highest BCUT2D eigenvalue weighted by Crippen LogP contribution is 2.39. The quantitative estimate of drug-likeness (QED) is 0.204. The Hall–Kier alpha value is -7.91. The van der Waals surface area contributed by atoms with Crippen LogP contribution in [-0.4, -0.2) is 256 Å². The highest BCUT2D eigenvalue weighted by molar-refractivity contribution is 6.31. The van der Waals surface area contributed by atoms with Crippen molar-refractivity contribution < 1.29 is 70.7 Å². The molecule has 0 radical (unpaired) electrons. The molecule has 2 aromatic rings. The Bertz CT molecular complexity index is 3420. The van der Waals surface area contributed by atoms with Crippen molar-refractivity contribution >= 4 is 82.5 Å². The summed E-state index contributed by atoms with van der Waals surface area (Å²) >= 11 is 6.20. The molecule has 12 amide bonds. The Kier molecular flexibility index (Phi) is 29.2. The average molecular weight is 1480 g/mol. The molecule has 104 heavy (non-hydrogen) atoms. The fourth-order valence-corrected chi connectivity index (χ4v) is 15.9. The molecule has 1 spiro atoms. The van der Waals surface area contributed by atoms with Gasteiger partial charge >= 0.3 is 6.18 Å². The average Bonchev–Trinajstić information content (AvgIpc) is 1.07. The van der Waals surface area contributed by atoms with E-state index < -0.39 is 172 Å². The molecule has 0 bridgehead atoms. The lowest BCUT2D eigenvalue weighted by Crippen LogP contribution is -2.65. The number of carbonyl (C=O) groups is 12. The van der Waals surface area contributed by atoms with Gasteiger partial charge < -0.3 is 60.0 Å². The second-order valence-corrected chi connectivity index (χ2v) is 30.9. The number of halogens is 4. The van der Waals surface area contributed by atoms with Gasteiger partial charge in [-0.3, -0.25) is 62.5 Å². The third-order valence-electron chi connectivity index (χ3n) is 22.6. The molecule has 10 atom stereocenters. The standard InChI is InChI=1S/C75H111ClF3N13O12/c1-15-46(4)62-71(102)86(9)47(5)66(97)92-38-33-55(92)70(101)89(12)58(42-48-23-17-16-18-24-48)69(100)85(8)44-60(93)81-54(30-28-49-27-29-52(53(76)40-49)75(77,78)79)67(98)88(11)57(41-50-31-36-80-37-32-50)65(96)83-74(34-21-22-35-74)73(104)91(14)63(51-25-19-20-26-51)72(103)90(13)59(68(99)84(6)7)43-61(94)87(10)56(39-45(2)3)64(95)82-62/h27,29,31-32,36-37,40,45-48,51,54-59,62-63H,15-26,28,30,33-35,38-39,41-44H2,1-14H3,(H,81,93)(H,82,95)(H,83,96)/t46-,47-,54-,55-,56-,57-,58-,59-,62-,63-/m0/s1. The van der Waals surface area contributed by atoms with Crippen LogP contribution in [0.25, 0.3) is 0 Å². The maximum absolute atomic E-state index is 15.8. The summed E-state index contributed by atoms with van der Waals surface area (Å²) in [6.45, 7) is 8.31. The van der Waals surface area contributed by atoms with Gasteiger partial charge in [-0.05, 0) is 124 Å². The number of benzene rings is 1. The van der Waals surface area contributed by atoms with Crippen molar-refractivity contribution in [3.8, 4) is 0 Å². The third kappa shape index (κ3) is 20.0. The zero-order valence-electron chi connectivity index (χ0n) is 63.2. The summed E-state index contributed by atoms with van der Waals surface area (Å²) in [7, 11) is 12.9. The maximum atomic E-state index is 15.8. The minimum atomic E-state index is -4.78. The fourth-order valence-electron chi connectivity index (χ4n) is 15.6. The predicted octanol–water partition coefficient (Wildman–Crippen LogP) is 6.11. The number of alkyl halides is 3. The molecule has 1 aromatic heterocycles. The topological polar surface area (TPSA) is 283 Å². The molecule has 3 aliphatic carbocycles. The number of hydrogen-bond donors (Lipinski definition) is 3. The Morgan fingerprint density at radius 1 is 0.673 bits per heavy atom. The highest BCUT2D eigenvalue weighted by atomic mass is 35.5. The largest absolute Gasteiger partial charge is 0.417 e. The van der Waals surface area contributed by atoms with Crippen LogP contribution in [0.3, 0.4) is 0 Å². The van der Waals surface area contributed by atoms with Crippen LogP contribution in [0, 0.1) is 23.7 Å². The zero-order valence-corrected chi connectivity index (χ0v) is 63.9. The lowest BCUT2D eigenvalue weighted by Gasteiger charge is -2.45. The Labute approximate surface area is 615 Å². The molecule has 0 unspecified atom stereocenters. The summed E-state index contributed by atoms with van der Waals surface area (Å²) < 4.78 is 41.9. The highest BCUT2D eigenvalue weighted by Gasteiger charge is 2.52. The third-order valence-corrected chi connectivity index (χ3v) is 22.9. The summed E-state index contributed by atoms with van der Waals surface area (Å²) in [5.41, 5.74) is -1.95. The van der Waals surface area contributed by atoms with E-state index in [4.69, 9.17) is 11.6 Å². The van der Waals surface area contributed by atoms with Crippen molar-refractivity contribution in [1.82, 2.24) is 65.0 Å². The van der Waals surface area contributed by atoms with Crippen LogP contribution in [0.15, 0.2) is 42.7 Å². The number of amides is 12. The van der Waals surface area contributed by atoms with E-state index in [2.05, 4.69) is 20.9 Å². The van der Waals surface area contributed by atoms with Crippen LogP contribution in [0.1, 0.15) is 173 Å². The number of hydrogen-bond acceptors (Lipinski definition) is 13. The van der Waals surface area contributed by atoms with E-state index in [9.17, 15) is 46.7 Å². The maximum Gasteiger partial charge on any atom is 0.417 e. The first kappa shape index (κ1) is 83.4. The van der Waals surface area contributed by atoms with E-state index in [0.29, 0.717) is 50.5 Å². The van der Waals surface area contributed by atoms with Crippen molar-refractivity contribution in [1.29, 1.82) is 0 Å². The number of likely N-dealkylation sites (N-methyl/N-ethyl adjacent to an activating group) is 8. The van der Waals surface area contributed by atoms with Gasteiger partial charge in [-0.2, -0.15) is 13.2 Å². The molecule has 3 N–H and O–H groups in total. The first-order valence-electron chi connectivity index (χ1n) is 37.0. The molecule has 5 aliphatic rings. The molecule has 3 saturated carbocycles. The van der Waals surface area contributed by atoms with Gasteiger partial charge in [-0.25, -0.2) is 0 Å². The number of aromatic nitrogens is 1. The van der Waals surface area contributed by atoms with E-state index >= 15 is 24.0 Å². The molecule has 29 heteroatoms. The van der Waals surface area contributed by atoms with Gasteiger partial charge in [0.1, 0.15) is 59.9 Å². The molecule has 25 nitrogen and oxygen atoms in total. The second kappa shape index (κ2) is 36.4. The van der Waals surface area contributed by atoms with Crippen LogP contribution in [0.5, 0.6) is 0 Å². The van der Waals surface area contributed by atoms with E-state index in [1.165, 1.54) is 123 Å². The van der Waals surface area contributed by atoms with Crippen molar-refractivity contribution in [2.24, 2.45) is 23.7 Å². The van der Waals surface area contributed by atoms with Crippen molar-refractivity contribution in [3.63, 3.8) is 0 Å². The minimum Gasteiger partial charge on any atom is -0.347 e. The molecule has 7 rings (SSSR count). The summed E-state index contributed by atoms with van der Waals surface area (Å²) in [6.07, 6.45) is 5.89. The van der Waals surface area contributed by atoms with Gasteiger partial charge in [0.05, 0.1) is 23.6 Å². The summed E-state index contributed by atoms with van der Waals surface area (Å²) in [5, 5.41) is 8.16. The molecular weight excluding hydrogens is 1370 g/mol. The normalized spacial score (nSPS) is 26.6. The fraction of sp³-hybridized carbons (Fsp3) is 0.693. The van der Waals surface area contributed by atoms with Crippen LogP contribution in [-0.2, 0) is 76.6 Å². The molecule has 2 aliphatic heterocycles. The first-order chi connectivity index (χ1) is 48.9. The van der Waals surface area contributed by atoms with E-state index in [-0.39, 0.29) is 75.3 Å². The number of nitrogens with one attached hydrogen (secondary N) is 3. The van der Waals surface area contributed by atoms with Crippen LogP contribution in [0.4, 0.5) is 13.2 Å². The van der Waals surface area contributed by atoms with Crippen LogP contribution < -0.4 is 16.0 Å². The predicted molar refractivity (Wildman–Crippen MR) is 384 cm³/mol. The van der Waals surface area contributed by atoms with E-state index in [0.717, 1.165) is 54.0 Å². The van der Waals surface area contributed by atoms with Crippen molar-refractivity contribution in [2.75, 3.05) is 76.5 Å². The number of fused-ring (bicyclic) bond motifs is 1. The van der Waals surface area contributed by atoms with Gasteiger partial charge in [0.15, 0.2) is 0 Å². The SMILES string of the molecule is CC[C@H](C)[C@@H]1NC(=O)[C@H](CC(C)C)N(C)C(=O)C[C@@H](C(=O)N(C)C)N(C)C(=O)[C@H](C2CCCC2)N(C)C(=O)C2(CCCC2)NC(=O)[C@H](Cc2ccncc2)N(C)C(=O)[C@H](CCc2ccc(C(F)(F)F)c(Cl)c2)NC(=O)CN(C)C(=O)[C@H](CC2CCCCC2)N(C)C(=O)[C@@H]2CCN2C(=O)[C@H](C)N(C)C1=O. The van der Waals surface area contributed by atoms with Gasteiger partial charge in [0.2, 0.25) is 70.9 Å². The Balaban J connectivity index is 1.33. The van der Waals surface area contributed by atoms with Crippen molar-refractivity contribution in [3.05, 3.63) is 64.4 Å².